The molecule has 0 amide bonds. The van der Waals surface area contributed by atoms with Crippen molar-refractivity contribution in [2.45, 2.75) is 32.2 Å². The highest BCUT2D eigenvalue weighted by Crippen LogP contribution is 2.39. The van der Waals surface area contributed by atoms with E-state index < -0.39 is 0 Å². The lowest BCUT2D eigenvalue weighted by atomic mass is 9.95. The number of aromatic nitrogens is 1. The van der Waals surface area contributed by atoms with Crippen LogP contribution >= 0.6 is 33.9 Å². The number of benzene rings is 3. The van der Waals surface area contributed by atoms with Gasteiger partial charge in [0, 0.05) is 20.9 Å². The third-order valence-electron chi connectivity index (χ3n) is 5.90. The van der Waals surface area contributed by atoms with Gasteiger partial charge in [0.05, 0.1) is 17.4 Å². The highest BCUT2D eigenvalue weighted by Gasteiger charge is 2.31. The molecule has 3 nitrogen and oxygen atoms in total. The van der Waals surface area contributed by atoms with Crippen molar-refractivity contribution < 1.29 is 4.39 Å². The first-order valence-corrected chi connectivity index (χ1v) is 12.9. The molecule has 166 valence electrons. The van der Waals surface area contributed by atoms with Gasteiger partial charge in [-0.2, -0.15) is 5.10 Å². The molecule has 0 radical (unpaired) electrons. The molecule has 5 rings (SSSR count). The van der Waals surface area contributed by atoms with Gasteiger partial charge >= 0.3 is 0 Å². The molecule has 33 heavy (non-hydrogen) atoms. The highest BCUT2D eigenvalue weighted by molar-refractivity contribution is 14.1. The number of anilines is 1. The predicted octanol–water partition coefficient (Wildman–Crippen LogP) is 8.03. The Morgan fingerprint density at radius 2 is 1.61 bits per heavy atom. The maximum Gasteiger partial charge on any atom is 0.207 e. The highest BCUT2D eigenvalue weighted by atomic mass is 127. The molecule has 2 heterocycles. The normalized spacial score (nSPS) is 15.8. The van der Waals surface area contributed by atoms with Gasteiger partial charge in [0.1, 0.15) is 5.82 Å². The molecule has 1 aromatic heterocycles. The molecule has 0 fully saturated rings. The molecule has 0 N–H and O–H groups in total. The quantitative estimate of drug-likeness (QED) is 0.229. The molecule has 0 aliphatic carbocycles. The van der Waals surface area contributed by atoms with Gasteiger partial charge in [-0.05, 0) is 69.5 Å². The van der Waals surface area contributed by atoms with E-state index in [0.29, 0.717) is 5.92 Å². The molecule has 1 aliphatic heterocycles. The van der Waals surface area contributed by atoms with Crippen molar-refractivity contribution in [3.8, 4) is 11.3 Å². The summed E-state index contributed by atoms with van der Waals surface area (Å²) in [5.41, 5.74) is 6.45. The third kappa shape index (κ3) is 4.73. The van der Waals surface area contributed by atoms with Crippen molar-refractivity contribution in [1.29, 1.82) is 0 Å². The van der Waals surface area contributed by atoms with Crippen LogP contribution in [0.15, 0.2) is 83.3 Å². The fourth-order valence-corrected chi connectivity index (χ4v) is 5.18. The average Bonchev–Trinajstić information content (AvgIpc) is 3.48. The van der Waals surface area contributed by atoms with Crippen LogP contribution in [0.4, 0.5) is 9.52 Å². The second-order valence-electron chi connectivity index (χ2n) is 8.46. The molecule has 6 heteroatoms. The van der Waals surface area contributed by atoms with Crippen LogP contribution in [0.5, 0.6) is 0 Å². The zero-order valence-corrected chi connectivity index (χ0v) is 21.3. The summed E-state index contributed by atoms with van der Waals surface area (Å²) in [7, 11) is 0. The summed E-state index contributed by atoms with van der Waals surface area (Å²) >= 11 is 3.91. The van der Waals surface area contributed by atoms with Crippen LogP contribution < -0.4 is 5.01 Å². The smallest absolute Gasteiger partial charge is 0.207 e. The second-order valence-corrected chi connectivity index (χ2v) is 10.5. The Hall–Kier alpha value is -2.58. The molecule has 0 spiro atoms. The lowest BCUT2D eigenvalue weighted by Gasteiger charge is -2.21. The van der Waals surface area contributed by atoms with E-state index in [9.17, 15) is 4.39 Å². The molecule has 0 saturated heterocycles. The summed E-state index contributed by atoms with van der Waals surface area (Å²) in [5, 5.41) is 9.95. The molecule has 1 unspecified atom stereocenters. The fourth-order valence-electron chi connectivity index (χ4n) is 3.99. The van der Waals surface area contributed by atoms with E-state index in [1.54, 1.807) is 23.5 Å². The van der Waals surface area contributed by atoms with E-state index in [1.807, 2.05) is 5.01 Å². The van der Waals surface area contributed by atoms with Crippen molar-refractivity contribution in [3.63, 3.8) is 0 Å². The van der Waals surface area contributed by atoms with E-state index in [0.717, 1.165) is 34.1 Å². The largest absolute Gasteiger partial charge is 0.231 e. The number of hydrazone groups is 1. The molecular formula is C27H23FIN3S. The Labute approximate surface area is 211 Å². The van der Waals surface area contributed by atoms with Gasteiger partial charge in [-0.1, -0.05) is 62.4 Å². The Bertz CT molecular complexity index is 1280. The van der Waals surface area contributed by atoms with Gasteiger partial charge in [0.25, 0.3) is 0 Å². The zero-order valence-electron chi connectivity index (χ0n) is 18.4. The average molecular weight is 567 g/mol. The molecular weight excluding hydrogens is 544 g/mol. The van der Waals surface area contributed by atoms with Gasteiger partial charge in [-0.25, -0.2) is 14.4 Å². The lowest BCUT2D eigenvalue weighted by molar-refractivity contribution is 0.627. The van der Waals surface area contributed by atoms with Gasteiger partial charge in [-0.15, -0.1) is 11.3 Å². The molecule has 3 aromatic carbocycles. The number of hydrogen-bond acceptors (Lipinski definition) is 4. The van der Waals surface area contributed by atoms with Crippen LogP contribution in [0.2, 0.25) is 0 Å². The Morgan fingerprint density at radius 3 is 2.27 bits per heavy atom. The van der Waals surface area contributed by atoms with Crippen molar-refractivity contribution in [3.05, 3.63) is 104 Å². The first-order valence-electron chi connectivity index (χ1n) is 10.9. The number of halogens is 2. The summed E-state index contributed by atoms with van der Waals surface area (Å²) in [6, 6.07) is 23.8. The summed E-state index contributed by atoms with van der Waals surface area (Å²) in [6.45, 7) is 4.41. The van der Waals surface area contributed by atoms with Crippen LogP contribution in [0.3, 0.4) is 0 Å². The SMILES string of the molecule is CC(C)c1ccc(C2CC(c3ccc(F)cc3)=NN2c2nc(-c3ccc(I)cc3)cs2)cc1. The Kier molecular flexibility index (Phi) is 6.29. The minimum atomic E-state index is -0.239. The number of hydrogen-bond donors (Lipinski definition) is 0. The van der Waals surface area contributed by atoms with E-state index in [-0.39, 0.29) is 11.9 Å². The topological polar surface area (TPSA) is 28.5 Å². The number of nitrogens with zero attached hydrogens (tertiary/aromatic N) is 3. The second kappa shape index (κ2) is 9.35. The van der Waals surface area contributed by atoms with E-state index in [1.165, 1.54) is 26.8 Å². The van der Waals surface area contributed by atoms with Crippen LogP contribution in [-0.4, -0.2) is 10.7 Å². The Morgan fingerprint density at radius 1 is 0.939 bits per heavy atom. The van der Waals surface area contributed by atoms with Gasteiger partial charge in [0.15, 0.2) is 0 Å². The maximum atomic E-state index is 13.5. The third-order valence-corrected chi connectivity index (χ3v) is 7.45. The van der Waals surface area contributed by atoms with Crippen molar-refractivity contribution in [1.82, 2.24) is 4.98 Å². The summed E-state index contributed by atoms with van der Waals surface area (Å²) in [5.74, 6) is 0.248. The minimum absolute atomic E-state index is 0.0435. The molecule has 1 atom stereocenters. The van der Waals surface area contributed by atoms with Crippen LogP contribution in [0.25, 0.3) is 11.3 Å². The van der Waals surface area contributed by atoms with Gasteiger partial charge in [-0.3, -0.25) is 0 Å². The van der Waals surface area contributed by atoms with Crippen LogP contribution in [0, 0.1) is 9.39 Å². The van der Waals surface area contributed by atoms with Crippen molar-refractivity contribution in [2.75, 3.05) is 5.01 Å². The summed E-state index contributed by atoms with van der Waals surface area (Å²) in [6.07, 6.45) is 0.741. The standard InChI is InChI=1S/C27H23FIN3S/c1-17(2)18-3-5-21(6-4-18)26-15-24(19-7-11-22(28)12-8-19)31-32(26)27-30-25(16-33-27)20-9-13-23(29)14-10-20/h3-14,16-17,26H,15H2,1-2H3. The molecule has 1 aliphatic rings. The van der Waals surface area contributed by atoms with Crippen molar-refractivity contribution >= 4 is 44.8 Å². The van der Waals surface area contributed by atoms with E-state index >= 15 is 0 Å². The zero-order chi connectivity index (χ0) is 22.9. The molecule has 4 aromatic rings. The van der Waals surface area contributed by atoms with Crippen LogP contribution in [0.1, 0.15) is 48.9 Å². The maximum absolute atomic E-state index is 13.5. The number of rotatable bonds is 5. The number of thiazole rings is 1. The first-order chi connectivity index (χ1) is 16.0. The van der Waals surface area contributed by atoms with Crippen LogP contribution in [-0.2, 0) is 0 Å². The van der Waals surface area contributed by atoms with Crippen molar-refractivity contribution in [2.24, 2.45) is 5.10 Å². The van der Waals surface area contributed by atoms with E-state index in [4.69, 9.17) is 10.1 Å². The molecule has 0 saturated carbocycles. The molecule has 0 bridgehead atoms. The lowest BCUT2D eigenvalue weighted by Crippen LogP contribution is -2.18. The monoisotopic (exact) mass is 567 g/mol. The fraction of sp³-hybridized carbons (Fsp3) is 0.185. The summed E-state index contributed by atoms with van der Waals surface area (Å²) < 4.78 is 14.7. The van der Waals surface area contributed by atoms with Gasteiger partial charge < -0.3 is 0 Å². The van der Waals surface area contributed by atoms with E-state index in [2.05, 4.69) is 90.3 Å². The summed E-state index contributed by atoms with van der Waals surface area (Å²) in [4.78, 5) is 4.93. The Balaban J connectivity index is 1.51. The minimum Gasteiger partial charge on any atom is -0.231 e. The first kappa shape index (κ1) is 22.2. The van der Waals surface area contributed by atoms with Gasteiger partial charge in [0.2, 0.25) is 5.13 Å². The predicted molar refractivity (Wildman–Crippen MR) is 144 cm³/mol.